The zero-order valence-corrected chi connectivity index (χ0v) is 21.4. The van der Waals surface area contributed by atoms with Gasteiger partial charge in [-0.05, 0) is 43.9 Å². The highest BCUT2D eigenvalue weighted by molar-refractivity contribution is 7.98. The van der Waals surface area contributed by atoms with Crippen molar-refractivity contribution in [3.8, 4) is 6.07 Å². The Hall–Kier alpha value is -3.62. The van der Waals surface area contributed by atoms with Crippen LogP contribution in [-0.4, -0.2) is 81.3 Å². The van der Waals surface area contributed by atoms with Crippen molar-refractivity contribution < 1.29 is 19.5 Å². The molecule has 2 aromatic rings. The van der Waals surface area contributed by atoms with Crippen LogP contribution in [0.15, 0.2) is 48.6 Å². The lowest BCUT2D eigenvalue weighted by Gasteiger charge is -2.17. The van der Waals surface area contributed by atoms with Gasteiger partial charge in [-0.15, -0.1) is 0 Å². The van der Waals surface area contributed by atoms with Gasteiger partial charge in [0, 0.05) is 37.3 Å². The van der Waals surface area contributed by atoms with Gasteiger partial charge in [0.25, 0.3) is 0 Å². The van der Waals surface area contributed by atoms with Crippen LogP contribution >= 0.6 is 11.8 Å². The molecule has 1 aliphatic heterocycles. The summed E-state index contributed by atoms with van der Waals surface area (Å²) < 4.78 is 0. The number of nitriles is 1. The molecule has 0 radical (unpaired) electrons. The van der Waals surface area contributed by atoms with Crippen molar-refractivity contribution in [1.29, 1.82) is 5.26 Å². The van der Waals surface area contributed by atoms with E-state index < -0.39 is 11.9 Å². The number of aromatic nitrogens is 2. The monoisotopic (exact) mass is 512 g/mol. The quantitative estimate of drug-likeness (QED) is 0.410. The normalized spacial score (nSPS) is 13.1. The summed E-state index contributed by atoms with van der Waals surface area (Å²) in [7, 11) is 1.74. The van der Waals surface area contributed by atoms with Gasteiger partial charge in [-0.3, -0.25) is 14.5 Å². The van der Waals surface area contributed by atoms with Crippen LogP contribution < -0.4 is 5.32 Å². The fraction of sp³-hybridized carbons (Fsp3) is 0.400. The van der Waals surface area contributed by atoms with Crippen LogP contribution in [0.25, 0.3) is 0 Å². The van der Waals surface area contributed by atoms with Crippen molar-refractivity contribution in [1.82, 2.24) is 25.1 Å². The molecular weight excluding hydrogens is 480 g/mol. The van der Waals surface area contributed by atoms with Crippen molar-refractivity contribution in [2.75, 3.05) is 38.7 Å². The molecule has 192 valence electrons. The number of benzene rings is 1. The molecule has 11 heteroatoms. The molecule has 2 amide bonds. The van der Waals surface area contributed by atoms with E-state index in [0.29, 0.717) is 24.3 Å². The Bertz CT molecular complexity index is 1070. The number of carboxylic acid groups (broad SMARTS) is 1. The number of aliphatic carboxylic acids is 1. The number of thioether (sulfide) groups is 1. The highest BCUT2D eigenvalue weighted by Crippen LogP contribution is 2.10. The van der Waals surface area contributed by atoms with Crippen molar-refractivity contribution >= 4 is 29.5 Å². The number of rotatable bonds is 10. The van der Waals surface area contributed by atoms with Crippen LogP contribution in [0.5, 0.6) is 0 Å². The van der Waals surface area contributed by atoms with E-state index in [2.05, 4.69) is 21.4 Å². The molecule has 3 rings (SSSR count). The number of imidazole rings is 1. The number of H-pyrrole nitrogens is 1. The average Bonchev–Trinajstić information content (AvgIpc) is 3.57. The van der Waals surface area contributed by atoms with E-state index >= 15 is 0 Å². The number of hydrogen-bond acceptors (Lipinski definition) is 7. The zero-order valence-electron chi connectivity index (χ0n) is 20.6. The highest BCUT2D eigenvalue weighted by atomic mass is 32.2. The van der Waals surface area contributed by atoms with Gasteiger partial charge in [-0.25, -0.2) is 9.78 Å². The lowest BCUT2D eigenvalue weighted by molar-refractivity contribution is -0.134. The van der Waals surface area contributed by atoms with E-state index in [0.717, 1.165) is 37.2 Å². The Kier molecular flexibility index (Phi) is 12.2. The molecular formula is C25H32N6O4S. The van der Waals surface area contributed by atoms with Gasteiger partial charge in [0.05, 0.1) is 30.9 Å². The summed E-state index contributed by atoms with van der Waals surface area (Å²) in [5.74, 6) is -0.851. The Balaban J connectivity index is 0.000000293. The van der Waals surface area contributed by atoms with Gasteiger partial charge in [0.1, 0.15) is 5.70 Å². The number of amides is 2. The summed E-state index contributed by atoms with van der Waals surface area (Å²) in [6.45, 7) is 2.30. The van der Waals surface area contributed by atoms with E-state index in [1.807, 2.05) is 23.3 Å². The van der Waals surface area contributed by atoms with Crippen molar-refractivity contribution in [2.45, 2.75) is 25.8 Å². The first-order valence-electron chi connectivity index (χ1n) is 11.5. The Labute approximate surface area is 215 Å². The molecule has 1 aromatic carbocycles. The molecule has 0 spiro atoms. The number of nitrogens with one attached hydrogen (secondary N) is 2. The summed E-state index contributed by atoms with van der Waals surface area (Å²) in [4.78, 5) is 45.0. The summed E-state index contributed by atoms with van der Waals surface area (Å²) in [6.07, 6.45) is 9.37. The Morgan fingerprint density at radius 1 is 1.31 bits per heavy atom. The van der Waals surface area contributed by atoms with Crippen LogP contribution in [0, 0.1) is 11.3 Å². The molecule has 1 aliphatic rings. The maximum absolute atomic E-state index is 11.9. The number of likely N-dealkylation sites (N-methyl/N-ethyl adjacent to an activating group) is 1. The van der Waals surface area contributed by atoms with Crippen molar-refractivity contribution in [3.05, 3.63) is 65.4 Å². The first kappa shape index (κ1) is 28.6. The molecule has 0 aliphatic carbocycles. The number of likely N-dealkylation sites (tertiary alicyclic amines) is 1. The summed E-state index contributed by atoms with van der Waals surface area (Å²) in [5, 5.41) is 20.5. The van der Waals surface area contributed by atoms with Crippen LogP contribution in [0.4, 0.5) is 0 Å². The van der Waals surface area contributed by atoms with Gasteiger partial charge < -0.3 is 20.3 Å². The zero-order chi connectivity index (χ0) is 26.3. The lowest BCUT2D eigenvalue weighted by atomic mass is 10.1. The average molecular weight is 513 g/mol. The number of aromatic amines is 1. The summed E-state index contributed by atoms with van der Waals surface area (Å²) >= 11 is 1.46. The minimum absolute atomic E-state index is 0.0314. The molecule has 0 unspecified atom stereocenters. The third kappa shape index (κ3) is 9.93. The number of carbonyl (C=O) groups is 3. The maximum Gasteiger partial charge on any atom is 0.352 e. The second-order valence-electron chi connectivity index (χ2n) is 8.21. The molecule has 10 nitrogen and oxygen atoms in total. The topological polar surface area (TPSA) is 142 Å². The van der Waals surface area contributed by atoms with Crippen molar-refractivity contribution in [3.63, 3.8) is 0 Å². The smallest absolute Gasteiger partial charge is 0.352 e. The second-order valence-corrected chi connectivity index (χ2v) is 9.12. The third-order valence-electron chi connectivity index (χ3n) is 5.31. The summed E-state index contributed by atoms with van der Waals surface area (Å²) in [6, 6.07) is 9.27. The fourth-order valence-corrected chi connectivity index (χ4v) is 3.86. The number of carboxylic acids is 1. The van der Waals surface area contributed by atoms with E-state index in [4.69, 9.17) is 10.4 Å². The SMILES string of the molecule is CSC/C=C(/NC(=O)CN(C)Cc1ccccc1C#N)C(=O)O.O=C(Cc1cnc[nH]1)N1CCCC1. The Morgan fingerprint density at radius 3 is 2.64 bits per heavy atom. The Morgan fingerprint density at radius 2 is 2.03 bits per heavy atom. The number of carbonyl (C=O) groups excluding carboxylic acids is 2. The number of nitrogens with zero attached hydrogens (tertiary/aromatic N) is 4. The minimum atomic E-state index is -1.16. The van der Waals surface area contributed by atoms with Gasteiger partial charge in [-0.1, -0.05) is 18.2 Å². The van der Waals surface area contributed by atoms with Crippen LogP contribution in [-0.2, 0) is 27.3 Å². The first-order chi connectivity index (χ1) is 17.3. The van der Waals surface area contributed by atoms with E-state index in [1.54, 1.807) is 36.6 Å². The summed E-state index contributed by atoms with van der Waals surface area (Å²) in [5.41, 5.74) is 2.17. The van der Waals surface area contributed by atoms with Gasteiger partial charge in [0.15, 0.2) is 0 Å². The van der Waals surface area contributed by atoms with Crippen molar-refractivity contribution in [2.24, 2.45) is 0 Å². The van der Waals surface area contributed by atoms with Gasteiger partial charge in [0.2, 0.25) is 11.8 Å². The van der Waals surface area contributed by atoms with Crippen LogP contribution in [0.2, 0.25) is 0 Å². The minimum Gasteiger partial charge on any atom is -0.477 e. The third-order valence-corrected chi connectivity index (χ3v) is 5.81. The molecule has 36 heavy (non-hydrogen) atoms. The predicted octanol–water partition coefficient (Wildman–Crippen LogP) is 2.01. The lowest BCUT2D eigenvalue weighted by Crippen LogP contribution is -2.36. The standard InChI is InChI=1S/C16H19N3O3S.C9H13N3O/c1-19(10-13-6-4-3-5-12(13)9-17)11-15(20)18-14(16(21)22)7-8-23-2;13-9(12-3-1-2-4-12)5-8-6-10-7-11-8/h3-7H,8,10-11H2,1-2H3,(H,18,20)(H,21,22);6-7H,1-5H2,(H,10,11)/b14-7+;. The van der Waals surface area contributed by atoms with E-state index in [-0.39, 0.29) is 18.1 Å². The molecule has 1 aromatic heterocycles. The molecule has 0 saturated carbocycles. The molecule has 0 bridgehead atoms. The molecule has 3 N–H and O–H groups in total. The number of hydrogen-bond donors (Lipinski definition) is 3. The van der Waals surface area contributed by atoms with Crippen LogP contribution in [0.1, 0.15) is 29.7 Å². The van der Waals surface area contributed by atoms with Gasteiger partial charge >= 0.3 is 5.97 Å². The molecule has 1 fully saturated rings. The second kappa shape index (κ2) is 15.4. The van der Waals surface area contributed by atoms with E-state index in [9.17, 15) is 14.4 Å². The molecule has 0 atom stereocenters. The molecule has 1 saturated heterocycles. The van der Waals surface area contributed by atoms with Crippen LogP contribution in [0.3, 0.4) is 0 Å². The van der Waals surface area contributed by atoms with E-state index in [1.165, 1.54) is 17.8 Å². The fourth-order valence-electron chi connectivity index (χ4n) is 3.53. The molecule has 2 heterocycles. The van der Waals surface area contributed by atoms with Gasteiger partial charge in [-0.2, -0.15) is 17.0 Å². The maximum atomic E-state index is 11.9. The highest BCUT2D eigenvalue weighted by Gasteiger charge is 2.18. The largest absolute Gasteiger partial charge is 0.477 e. The first-order valence-corrected chi connectivity index (χ1v) is 12.9. The predicted molar refractivity (Wildman–Crippen MR) is 138 cm³/mol.